The van der Waals surface area contributed by atoms with Crippen LogP contribution in [-0.2, 0) is 24.3 Å². The molecular weight excluding hydrogens is 380 g/mol. The monoisotopic (exact) mass is 410 g/mol. The SMILES string of the molecule is CC(=O)N1CC(Nc2cc(CNCC(O)CN3CCc4ccccc4C3)ncn2)C1. The molecule has 1 aromatic heterocycles. The summed E-state index contributed by atoms with van der Waals surface area (Å²) in [7, 11) is 0. The third kappa shape index (κ3) is 5.33. The quantitative estimate of drug-likeness (QED) is 0.588. The molecule has 160 valence electrons. The summed E-state index contributed by atoms with van der Waals surface area (Å²) in [5.41, 5.74) is 3.66. The summed E-state index contributed by atoms with van der Waals surface area (Å²) in [6, 6.07) is 10.7. The lowest BCUT2D eigenvalue weighted by Gasteiger charge is -2.39. The van der Waals surface area contributed by atoms with Crippen LogP contribution in [0.5, 0.6) is 0 Å². The molecule has 2 aromatic rings. The zero-order chi connectivity index (χ0) is 20.9. The van der Waals surface area contributed by atoms with Crippen molar-refractivity contribution in [2.75, 3.05) is 38.0 Å². The van der Waals surface area contributed by atoms with Gasteiger partial charge in [0, 0.05) is 58.8 Å². The molecule has 0 radical (unpaired) electrons. The maximum Gasteiger partial charge on any atom is 0.219 e. The van der Waals surface area contributed by atoms with E-state index in [1.807, 2.05) is 6.07 Å². The molecule has 2 aliphatic heterocycles. The summed E-state index contributed by atoms with van der Waals surface area (Å²) >= 11 is 0. The van der Waals surface area contributed by atoms with Gasteiger partial charge in [-0.3, -0.25) is 9.69 Å². The Morgan fingerprint density at radius 2 is 2.07 bits per heavy atom. The molecule has 0 bridgehead atoms. The molecule has 8 heteroatoms. The smallest absolute Gasteiger partial charge is 0.219 e. The van der Waals surface area contributed by atoms with E-state index < -0.39 is 6.10 Å². The molecule has 3 heterocycles. The highest BCUT2D eigenvalue weighted by atomic mass is 16.3. The van der Waals surface area contributed by atoms with E-state index in [0.717, 1.165) is 31.0 Å². The Hall–Kier alpha value is -2.55. The lowest BCUT2D eigenvalue weighted by molar-refractivity contribution is -0.132. The predicted molar refractivity (Wildman–Crippen MR) is 115 cm³/mol. The first-order valence-electron chi connectivity index (χ1n) is 10.6. The van der Waals surface area contributed by atoms with Crippen LogP contribution in [0.25, 0.3) is 0 Å². The van der Waals surface area contributed by atoms with Crippen molar-refractivity contribution in [3.05, 3.63) is 53.5 Å². The number of amides is 1. The summed E-state index contributed by atoms with van der Waals surface area (Å²) in [4.78, 5) is 23.9. The molecule has 0 saturated carbocycles. The number of aliphatic hydroxyl groups excluding tert-OH is 1. The molecule has 30 heavy (non-hydrogen) atoms. The minimum atomic E-state index is -0.428. The molecule has 0 aliphatic carbocycles. The van der Waals surface area contributed by atoms with Crippen LogP contribution >= 0.6 is 0 Å². The van der Waals surface area contributed by atoms with Crippen LogP contribution in [0.2, 0.25) is 0 Å². The molecule has 1 saturated heterocycles. The van der Waals surface area contributed by atoms with Crippen molar-refractivity contribution >= 4 is 11.7 Å². The lowest BCUT2D eigenvalue weighted by atomic mass is 10.00. The van der Waals surface area contributed by atoms with E-state index in [1.165, 1.54) is 11.1 Å². The average molecular weight is 411 g/mol. The van der Waals surface area contributed by atoms with Crippen molar-refractivity contribution in [3.63, 3.8) is 0 Å². The number of hydrogen-bond donors (Lipinski definition) is 3. The number of fused-ring (bicyclic) bond motifs is 1. The summed E-state index contributed by atoms with van der Waals surface area (Å²) in [6.07, 6.45) is 2.16. The van der Waals surface area contributed by atoms with Crippen molar-refractivity contribution in [2.24, 2.45) is 0 Å². The number of hydrogen-bond acceptors (Lipinski definition) is 7. The molecule has 2 aliphatic rings. The largest absolute Gasteiger partial charge is 0.390 e. The van der Waals surface area contributed by atoms with Crippen molar-refractivity contribution in [2.45, 2.75) is 38.6 Å². The van der Waals surface area contributed by atoms with Crippen LogP contribution in [0.1, 0.15) is 23.7 Å². The van der Waals surface area contributed by atoms with Gasteiger partial charge < -0.3 is 20.6 Å². The van der Waals surface area contributed by atoms with Crippen LogP contribution in [-0.4, -0.2) is 75.7 Å². The van der Waals surface area contributed by atoms with Crippen molar-refractivity contribution in [1.82, 2.24) is 25.1 Å². The third-order valence-electron chi connectivity index (χ3n) is 5.77. The third-order valence-corrected chi connectivity index (χ3v) is 5.77. The normalized spacial score (nSPS) is 17.9. The van der Waals surface area contributed by atoms with Gasteiger partial charge in [-0.2, -0.15) is 0 Å². The van der Waals surface area contributed by atoms with Gasteiger partial charge in [-0.05, 0) is 17.5 Å². The number of likely N-dealkylation sites (tertiary alicyclic amines) is 1. The second-order valence-corrected chi connectivity index (χ2v) is 8.20. The summed E-state index contributed by atoms with van der Waals surface area (Å²) in [5, 5.41) is 17.1. The highest BCUT2D eigenvalue weighted by Gasteiger charge is 2.28. The highest BCUT2D eigenvalue weighted by Crippen LogP contribution is 2.18. The molecule has 1 unspecified atom stereocenters. The van der Waals surface area contributed by atoms with Crippen molar-refractivity contribution < 1.29 is 9.90 Å². The fourth-order valence-corrected chi connectivity index (χ4v) is 4.05. The molecule has 8 nitrogen and oxygen atoms in total. The first-order chi connectivity index (χ1) is 14.6. The molecule has 1 atom stereocenters. The molecule has 4 rings (SSSR count). The minimum absolute atomic E-state index is 0.105. The Labute approximate surface area is 177 Å². The number of carbonyl (C=O) groups excluding carboxylic acids is 1. The summed E-state index contributed by atoms with van der Waals surface area (Å²) in [5.74, 6) is 0.871. The van der Waals surface area contributed by atoms with Crippen molar-refractivity contribution in [1.29, 1.82) is 0 Å². The van der Waals surface area contributed by atoms with E-state index in [1.54, 1.807) is 18.2 Å². The van der Waals surface area contributed by atoms with Gasteiger partial charge >= 0.3 is 0 Å². The van der Waals surface area contributed by atoms with E-state index >= 15 is 0 Å². The van der Waals surface area contributed by atoms with Gasteiger partial charge in [0.05, 0.1) is 17.8 Å². The Balaban J connectivity index is 1.18. The fraction of sp³-hybridized carbons (Fsp3) is 0.500. The van der Waals surface area contributed by atoms with E-state index in [9.17, 15) is 9.90 Å². The second-order valence-electron chi connectivity index (χ2n) is 8.20. The second kappa shape index (κ2) is 9.51. The fourth-order valence-electron chi connectivity index (χ4n) is 4.05. The molecule has 0 spiro atoms. The van der Waals surface area contributed by atoms with Crippen LogP contribution < -0.4 is 10.6 Å². The zero-order valence-electron chi connectivity index (χ0n) is 17.4. The van der Waals surface area contributed by atoms with E-state index in [-0.39, 0.29) is 11.9 Å². The number of carbonyl (C=O) groups is 1. The minimum Gasteiger partial charge on any atom is -0.390 e. The highest BCUT2D eigenvalue weighted by molar-refractivity contribution is 5.74. The first kappa shape index (κ1) is 20.7. The number of anilines is 1. The number of nitrogens with zero attached hydrogens (tertiary/aromatic N) is 4. The maximum atomic E-state index is 11.3. The van der Waals surface area contributed by atoms with Crippen molar-refractivity contribution in [3.8, 4) is 0 Å². The Morgan fingerprint density at radius 3 is 2.87 bits per heavy atom. The molecule has 1 amide bonds. The maximum absolute atomic E-state index is 11.3. The summed E-state index contributed by atoms with van der Waals surface area (Å²) < 4.78 is 0. The van der Waals surface area contributed by atoms with Gasteiger partial charge in [0.2, 0.25) is 5.91 Å². The standard InChI is InChI=1S/C22H30N6O2/c1-16(29)28-12-20(13-28)26-22-8-19(24-15-25-22)9-23-10-21(30)14-27-7-6-17-4-2-3-5-18(17)11-27/h2-5,8,15,20-21,23,30H,6-7,9-14H2,1H3,(H,24,25,26). The van der Waals surface area contributed by atoms with Gasteiger partial charge in [0.25, 0.3) is 0 Å². The van der Waals surface area contributed by atoms with Crippen LogP contribution in [0, 0.1) is 0 Å². The Bertz CT molecular complexity index is 870. The molecular formula is C22H30N6O2. The van der Waals surface area contributed by atoms with E-state index in [4.69, 9.17) is 0 Å². The van der Waals surface area contributed by atoms with E-state index in [2.05, 4.69) is 49.8 Å². The van der Waals surface area contributed by atoms with Gasteiger partial charge in [-0.25, -0.2) is 9.97 Å². The van der Waals surface area contributed by atoms with Gasteiger partial charge in [-0.15, -0.1) is 0 Å². The number of rotatable bonds is 8. The Kier molecular flexibility index (Phi) is 6.56. The number of aliphatic hydroxyl groups is 1. The van der Waals surface area contributed by atoms with Crippen LogP contribution in [0.15, 0.2) is 36.7 Å². The average Bonchev–Trinajstić information content (AvgIpc) is 2.70. The van der Waals surface area contributed by atoms with E-state index in [0.29, 0.717) is 32.7 Å². The molecule has 1 aromatic carbocycles. The number of nitrogens with one attached hydrogen (secondary N) is 2. The summed E-state index contributed by atoms with van der Waals surface area (Å²) in [6.45, 7) is 6.63. The van der Waals surface area contributed by atoms with Gasteiger partial charge in [0.1, 0.15) is 12.1 Å². The number of β-amino-alcohol motifs (C(OH)–C–C–N with tert-alkyl or cyclic N) is 1. The topological polar surface area (TPSA) is 93.6 Å². The first-order valence-corrected chi connectivity index (χ1v) is 10.6. The van der Waals surface area contributed by atoms with Gasteiger partial charge in [0.15, 0.2) is 0 Å². The lowest BCUT2D eigenvalue weighted by Crippen LogP contribution is -2.56. The van der Waals surface area contributed by atoms with Gasteiger partial charge in [-0.1, -0.05) is 24.3 Å². The molecule has 3 N–H and O–H groups in total. The van der Waals surface area contributed by atoms with Crippen LogP contribution in [0.3, 0.4) is 0 Å². The molecule has 1 fully saturated rings. The van der Waals surface area contributed by atoms with Crippen LogP contribution in [0.4, 0.5) is 5.82 Å². The number of benzene rings is 1. The Morgan fingerprint density at radius 1 is 1.27 bits per heavy atom. The number of aromatic nitrogens is 2. The predicted octanol–water partition coefficient (Wildman–Crippen LogP) is 0.628. The zero-order valence-corrected chi connectivity index (χ0v) is 17.4.